The van der Waals surface area contributed by atoms with E-state index >= 15 is 0 Å². The van der Waals surface area contributed by atoms with Crippen molar-refractivity contribution in [3.8, 4) is 0 Å². The number of carbonyl (C=O) groups is 2. The van der Waals surface area contributed by atoms with Gasteiger partial charge in [-0.3, -0.25) is 9.69 Å². The number of benzene rings is 1. The number of carbonyl (C=O) groups excluding carboxylic acids is 1. The fourth-order valence-electron chi connectivity index (χ4n) is 1.80. The van der Waals surface area contributed by atoms with Gasteiger partial charge in [-0.15, -0.1) is 0 Å². The molecule has 0 spiro atoms. The molecule has 2 rings (SSSR count). The molecule has 0 aliphatic carbocycles. The van der Waals surface area contributed by atoms with Crippen molar-refractivity contribution in [2.24, 2.45) is 0 Å². The number of hydrogen-bond donors (Lipinski definition) is 1. The first-order chi connectivity index (χ1) is 8.54. The second-order valence-electron chi connectivity index (χ2n) is 3.88. The summed E-state index contributed by atoms with van der Waals surface area (Å²) in [6.45, 7) is 2.88. The first-order valence-electron chi connectivity index (χ1n) is 5.49. The van der Waals surface area contributed by atoms with Crippen molar-refractivity contribution in [1.82, 2.24) is 4.90 Å². The van der Waals surface area contributed by atoms with Crippen LogP contribution in [0.2, 0.25) is 0 Å². The number of carboxylic acids is 1. The van der Waals surface area contributed by atoms with E-state index in [2.05, 4.69) is 0 Å². The Morgan fingerprint density at radius 1 is 1.39 bits per heavy atom. The molecule has 1 aromatic rings. The molecule has 0 bridgehead atoms. The van der Waals surface area contributed by atoms with E-state index < -0.39 is 5.97 Å². The van der Waals surface area contributed by atoms with Gasteiger partial charge in [0, 0.05) is 6.54 Å². The summed E-state index contributed by atoms with van der Waals surface area (Å²) in [6.07, 6.45) is 0. The summed E-state index contributed by atoms with van der Waals surface area (Å²) in [5.41, 5.74) is 0.787. The molecule has 94 valence electrons. The molecule has 18 heavy (non-hydrogen) atoms. The van der Waals surface area contributed by atoms with E-state index in [-0.39, 0.29) is 18.0 Å². The lowest BCUT2D eigenvalue weighted by atomic mass is 10.2. The Labute approximate surface area is 110 Å². The number of anilines is 1. The predicted octanol–water partition coefficient (Wildman–Crippen LogP) is 1.34. The lowest BCUT2D eigenvalue weighted by Crippen LogP contribution is -2.32. The van der Waals surface area contributed by atoms with Crippen LogP contribution in [0.4, 0.5) is 5.69 Å². The highest BCUT2D eigenvalue weighted by Crippen LogP contribution is 2.21. The Bertz CT molecular complexity index is 513. The molecule has 1 aliphatic heterocycles. The van der Waals surface area contributed by atoms with E-state index in [0.29, 0.717) is 17.3 Å². The van der Waals surface area contributed by atoms with Gasteiger partial charge in [0.15, 0.2) is 5.11 Å². The van der Waals surface area contributed by atoms with E-state index in [0.717, 1.165) is 0 Å². The molecule has 1 aliphatic rings. The molecule has 1 saturated heterocycles. The van der Waals surface area contributed by atoms with Crippen LogP contribution >= 0.6 is 12.2 Å². The normalized spacial score (nSPS) is 15.4. The largest absolute Gasteiger partial charge is 0.478 e. The number of hydrogen-bond acceptors (Lipinski definition) is 3. The summed E-state index contributed by atoms with van der Waals surface area (Å²) in [6, 6.07) is 6.10. The van der Waals surface area contributed by atoms with Gasteiger partial charge < -0.3 is 10.0 Å². The van der Waals surface area contributed by atoms with Crippen LogP contribution in [0.1, 0.15) is 17.3 Å². The maximum Gasteiger partial charge on any atom is 0.335 e. The van der Waals surface area contributed by atoms with Gasteiger partial charge in [-0.2, -0.15) is 0 Å². The number of amides is 1. The minimum absolute atomic E-state index is 0.0927. The summed E-state index contributed by atoms with van der Waals surface area (Å²) in [5.74, 6) is -1.09. The van der Waals surface area contributed by atoms with Gasteiger partial charge in [-0.25, -0.2) is 4.79 Å². The highest BCUT2D eigenvalue weighted by atomic mass is 32.1. The summed E-state index contributed by atoms with van der Waals surface area (Å²) in [5, 5.41) is 9.27. The van der Waals surface area contributed by atoms with E-state index in [1.807, 2.05) is 6.92 Å². The molecule has 6 heteroatoms. The van der Waals surface area contributed by atoms with E-state index in [4.69, 9.17) is 17.3 Å². The molecule has 0 unspecified atom stereocenters. The lowest BCUT2D eigenvalue weighted by molar-refractivity contribution is -0.116. The Balaban J connectivity index is 2.29. The molecule has 0 atom stereocenters. The van der Waals surface area contributed by atoms with E-state index in [1.54, 1.807) is 17.0 Å². The SMILES string of the molecule is CCN1CC(=O)N(c2ccc(C(=O)O)cc2)C1=S. The highest BCUT2D eigenvalue weighted by molar-refractivity contribution is 7.80. The molecular weight excluding hydrogens is 252 g/mol. The first kappa shape index (κ1) is 12.5. The Morgan fingerprint density at radius 3 is 2.44 bits per heavy atom. The maximum absolute atomic E-state index is 11.9. The molecule has 1 fully saturated rings. The van der Waals surface area contributed by atoms with Gasteiger partial charge >= 0.3 is 5.97 Å². The molecule has 0 radical (unpaired) electrons. The van der Waals surface area contributed by atoms with Crippen LogP contribution in [0.25, 0.3) is 0 Å². The van der Waals surface area contributed by atoms with Crippen molar-refractivity contribution in [2.45, 2.75) is 6.92 Å². The van der Waals surface area contributed by atoms with Crippen molar-refractivity contribution >= 4 is 34.9 Å². The lowest BCUT2D eigenvalue weighted by Gasteiger charge is -2.18. The highest BCUT2D eigenvalue weighted by Gasteiger charge is 2.32. The van der Waals surface area contributed by atoms with Gasteiger partial charge in [-0.05, 0) is 43.4 Å². The van der Waals surface area contributed by atoms with Gasteiger partial charge in [0.2, 0.25) is 0 Å². The standard InChI is InChI=1S/C12H12N2O3S/c1-2-13-7-10(15)14(12(13)18)9-5-3-8(4-6-9)11(16)17/h3-6H,2,7H2,1H3,(H,16,17). The smallest absolute Gasteiger partial charge is 0.335 e. The molecule has 5 nitrogen and oxygen atoms in total. The third kappa shape index (κ3) is 2.06. The van der Waals surface area contributed by atoms with E-state index in [9.17, 15) is 9.59 Å². The Morgan fingerprint density at radius 2 is 2.00 bits per heavy atom. The van der Waals surface area contributed by atoms with Crippen LogP contribution in [0.3, 0.4) is 0 Å². The minimum Gasteiger partial charge on any atom is -0.478 e. The summed E-state index contributed by atoms with van der Waals surface area (Å²) >= 11 is 5.22. The van der Waals surface area contributed by atoms with Crippen LogP contribution in [0.5, 0.6) is 0 Å². The second-order valence-corrected chi connectivity index (χ2v) is 4.24. The van der Waals surface area contributed by atoms with Crippen LogP contribution in [0, 0.1) is 0 Å². The van der Waals surface area contributed by atoms with Gasteiger partial charge in [-0.1, -0.05) is 0 Å². The zero-order valence-electron chi connectivity index (χ0n) is 9.79. The molecule has 1 aromatic carbocycles. The van der Waals surface area contributed by atoms with Crippen LogP contribution in [0.15, 0.2) is 24.3 Å². The maximum atomic E-state index is 11.9. The zero-order chi connectivity index (χ0) is 13.3. The Kier molecular flexibility index (Phi) is 3.29. The van der Waals surface area contributed by atoms with Gasteiger partial charge in [0.05, 0.1) is 17.8 Å². The van der Waals surface area contributed by atoms with Gasteiger partial charge in [0.25, 0.3) is 5.91 Å². The predicted molar refractivity (Wildman–Crippen MR) is 70.7 cm³/mol. The van der Waals surface area contributed by atoms with Crippen molar-refractivity contribution < 1.29 is 14.7 Å². The third-order valence-corrected chi connectivity index (χ3v) is 3.23. The zero-order valence-corrected chi connectivity index (χ0v) is 10.6. The van der Waals surface area contributed by atoms with Crippen molar-refractivity contribution in [3.63, 3.8) is 0 Å². The topological polar surface area (TPSA) is 60.9 Å². The van der Waals surface area contributed by atoms with Crippen molar-refractivity contribution in [3.05, 3.63) is 29.8 Å². The third-order valence-electron chi connectivity index (χ3n) is 2.79. The summed E-state index contributed by atoms with van der Waals surface area (Å²) < 4.78 is 0. The molecule has 1 amide bonds. The molecule has 0 aromatic heterocycles. The molecule has 0 saturated carbocycles. The van der Waals surface area contributed by atoms with Crippen LogP contribution < -0.4 is 4.90 Å². The average Bonchev–Trinajstić information content (AvgIpc) is 2.64. The summed E-state index contributed by atoms with van der Waals surface area (Å²) in [7, 11) is 0. The fourth-order valence-corrected chi connectivity index (χ4v) is 2.21. The quantitative estimate of drug-likeness (QED) is 0.835. The second kappa shape index (κ2) is 4.73. The number of nitrogens with zero attached hydrogens (tertiary/aromatic N) is 2. The number of rotatable bonds is 3. The van der Waals surface area contributed by atoms with Gasteiger partial charge in [0.1, 0.15) is 0 Å². The van der Waals surface area contributed by atoms with Crippen LogP contribution in [-0.4, -0.2) is 40.1 Å². The molecule has 1 N–H and O–H groups in total. The van der Waals surface area contributed by atoms with E-state index in [1.165, 1.54) is 17.0 Å². The molecular formula is C12H12N2O3S. The Hall–Kier alpha value is -1.95. The average molecular weight is 264 g/mol. The van der Waals surface area contributed by atoms with Crippen molar-refractivity contribution in [2.75, 3.05) is 18.0 Å². The minimum atomic E-state index is -0.993. The first-order valence-corrected chi connectivity index (χ1v) is 5.90. The number of likely N-dealkylation sites (N-methyl/N-ethyl adjacent to an activating group) is 1. The number of carboxylic acid groups (broad SMARTS) is 1. The van der Waals surface area contributed by atoms with Crippen molar-refractivity contribution in [1.29, 1.82) is 0 Å². The number of aromatic carboxylic acids is 1. The van der Waals surface area contributed by atoms with Crippen LogP contribution in [-0.2, 0) is 4.79 Å². The monoisotopic (exact) mass is 264 g/mol. The number of thiocarbonyl (C=S) groups is 1. The molecule has 1 heterocycles. The fraction of sp³-hybridized carbons (Fsp3) is 0.250. The summed E-state index contributed by atoms with van der Waals surface area (Å²) in [4.78, 5) is 25.8.